The second-order valence-electron chi connectivity index (χ2n) is 7.35. The van der Waals surface area contributed by atoms with Crippen LogP contribution in [-0.2, 0) is 10.9 Å². The number of halogens is 3. The predicted molar refractivity (Wildman–Crippen MR) is 97.3 cm³/mol. The second-order valence-corrected chi connectivity index (χ2v) is 7.35. The zero-order valence-corrected chi connectivity index (χ0v) is 16.0. The van der Waals surface area contributed by atoms with E-state index in [-0.39, 0.29) is 17.9 Å². The monoisotopic (exact) mass is 388 g/mol. The Labute approximate surface area is 157 Å². The van der Waals surface area contributed by atoms with Crippen LogP contribution in [0.2, 0.25) is 0 Å². The smallest absolute Gasteiger partial charge is 0.373 e. The number of piperazine rings is 1. The van der Waals surface area contributed by atoms with Crippen LogP contribution in [0.15, 0.2) is 6.07 Å². The van der Waals surface area contributed by atoms with Crippen LogP contribution in [0.3, 0.4) is 0 Å². The Bertz CT molecular complexity index is 634. The molecule has 0 amide bonds. The first-order valence-electron chi connectivity index (χ1n) is 9.13. The topological polar surface area (TPSA) is 48.0 Å². The van der Waals surface area contributed by atoms with Gasteiger partial charge in [0.1, 0.15) is 5.82 Å². The number of ether oxygens (including phenoxy) is 1. The van der Waals surface area contributed by atoms with Gasteiger partial charge in [-0.25, -0.2) is 4.98 Å². The molecule has 2 aliphatic heterocycles. The lowest BCUT2D eigenvalue weighted by atomic mass is 10.2. The Morgan fingerprint density at radius 1 is 1.15 bits per heavy atom. The summed E-state index contributed by atoms with van der Waals surface area (Å²) in [7, 11) is 5.44. The van der Waals surface area contributed by atoms with Crippen molar-refractivity contribution >= 4 is 11.8 Å². The van der Waals surface area contributed by atoms with Crippen molar-refractivity contribution < 1.29 is 17.9 Å². The van der Waals surface area contributed by atoms with Gasteiger partial charge in [-0.2, -0.15) is 18.2 Å². The first-order valence-corrected chi connectivity index (χ1v) is 9.13. The number of morpholine rings is 1. The minimum absolute atomic E-state index is 0.0666. The Balaban J connectivity index is 1.72. The van der Waals surface area contributed by atoms with E-state index in [1.54, 1.807) is 23.9 Å². The van der Waals surface area contributed by atoms with E-state index in [0.717, 1.165) is 38.8 Å². The second kappa shape index (κ2) is 8.15. The average Bonchev–Trinajstić information content (AvgIpc) is 2.63. The molecule has 10 heteroatoms. The average molecular weight is 388 g/mol. The highest BCUT2D eigenvalue weighted by Crippen LogP contribution is 2.31. The maximum Gasteiger partial charge on any atom is 0.433 e. The van der Waals surface area contributed by atoms with Crippen LogP contribution in [-0.4, -0.2) is 99.4 Å². The molecule has 3 rings (SSSR count). The molecule has 0 spiro atoms. The van der Waals surface area contributed by atoms with Crippen molar-refractivity contribution in [1.82, 2.24) is 19.8 Å². The van der Waals surface area contributed by atoms with E-state index >= 15 is 0 Å². The van der Waals surface area contributed by atoms with Crippen molar-refractivity contribution in [2.75, 3.05) is 83.4 Å². The first-order chi connectivity index (χ1) is 12.7. The third-order valence-corrected chi connectivity index (χ3v) is 4.93. The molecular weight excluding hydrogens is 361 g/mol. The molecule has 0 aromatic carbocycles. The maximum atomic E-state index is 13.2. The fourth-order valence-corrected chi connectivity index (χ4v) is 3.27. The van der Waals surface area contributed by atoms with E-state index in [1.807, 2.05) is 0 Å². The van der Waals surface area contributed by atoms with Gasteiger partial charge in [0.05, 0.1) is 12.7 Å². The summed E-state index contributed by atoms with van der Waals surface area (Å²) in [6.45, 7) is 6.16. The van der Waals surface area contributed by atoms with Gasteiger partial charge in [0, 0.05) is 66.0 Å². The number of aromatic nitrogens is 2. The van der Waals surface area contributed by atoms with Gasteiger partial charge in [-0.05, 0) is 7.05 Å². The van der Waals surface area contributed by atoms with Crippen LogP contribution in [0.25, 0.3) is 0 Å². The summed E-state index contributed by atoms with van der Waals surface area (Å²) in [6, 6.07) is 0.978. The molecule has 1 atom stereocenters. The summed E-state index contributed by atoms with van der Waals surface area (Å²) < 4.78 is 45.5. The van der Waals surface area contributed by atoms with Crippen molar-refractivity contribution in [2.45, 2.75) is 12.3 Å². The van der Waals surface area contributed by atoms with Crippen LogP contribution < -0.4 is 9.80 Å². The summed E-state index contributed by atoms with van der Waals surface area (Å²) in [5, 5.41) is 0. The Morgan fingerprint density at radius 2 is 1.85 bits per heavy atom. The molecule has 27 heavy (non-hydrogen) atoms. The van der Waals surface area contributed by atoms with Gasteiger partial charge in [0.2, 0.25) is 5.95 Å². The minimum Gasteiger partial charge on any atom is -0.373 e. The molecule has 7 nitrogen and oxygen atoms in total. The van der Waals surface area contributed by atoms with Crippen LogP contribution in [0.5, 0.6) is 0 Å². The largest absolute Gasteiger partial charge is 0.433 e. The molecule has 0 radical (unpaired) electrons. The van der Waals surface area contributed by atoms with Gasteiger partial charge < -0.3 is 19.4 Å². The van der Waals surface area contributed by atoms with E-state index < -0.39 is 11.9 Å². The van der Waals surface area contributed by atoms with E-state index in [2.05, 4.69) is 26.8 Å². The first kappa shape index (κ1) is 20.1. The Hall–Kier alpha value is -1.65. The molecule has 2 aliphatic rings. The van der Waals surface area contributed by atoms with Gasteiger partial charge in [-0.3, -0.25) is 4.90 Å². The van der Waals surface area contributed by atoms with Crippen LogP contribution >= 0.6 is 0 Å². The molecule has 3 heterocycles. The number of nitrogens with zero attached hydrogens (tertiary/aromatic N) is 6. The molecule has 2 saturated heterocycles. The lowest BCUT2D eigenvalue weighted by molar-refractivity contribution is -0.141. The number of hydrogen-bond acceptors (Lipinski definition) is 7. The molecular formula is C17H27F3N6O. The fraction of sp³-hybridized carbons (Fsp3) is 0.765. The van der Waals surface area contributed by atoms with Crippen molar-refractivity contribution in [2.24, 2.45) is 0 Å². The standard InChI is InChI=1S/C17H27F3N6O/c1-23(2)15-10-14(17(18,19)20)21-16(22-15)26-8-9-27-13(12-26)11-25-6-4-24(3)5-7-25/h10,13H,4-9,11-12H2,1-3H3/t13-/m1/s1. The predicted octanol–water partition coefficient (Wildman–Crippen LogP) is 1.01. The molecule has 0 N–H and O–H groups in total. The highest BCUT2D eigenvalue weighted by atomic mass is 19.4. The molecule has 1 aromatic heterocycles. The van der Waals surface area contributed by atoms with Crippen LogP contribution in [0.4, 0.5) is 24.9 Å². The van der Waals surface area contributed by atoms with Gasteiger partial charge in [-0.15, -0.1) is 0 Å². The van der Waals surface area contributed by atoms with E-state index in [1.165, 1.54) is 0 Å². The van der Waals surface area contributed by atoms with Crippen LogP contribution in [0, 0.1) is 0 Å². The molecule has 2 fully saturated rings. The van der Waals surface area contributed by atoms with Crippen molar-refractivity contribution in [3.8, 4) is 0 Å². The van der Waals surface area contributed by atoms with Gasteiger partial charge in [0.25, 0.3) is 0 Å². The maximum absolute atomic E-state index is 13.2. The quantitative estimate of drug-likeness (QED) is 0.763. The van der Waals surface area contributed by atoms with Crippen molar-refractivity contribution in [3.05, 3.63) is 11.8 Å². The third-order valence-electron chi connectivity index (χ3n) is 4.93. The number of hydrogen-bond donors (Lipinski definition) is 0. The van der Waals surface area contributed by atoms with E-state index in [0.29, 0.717) is 19.7 Å². The normalized spacial score (nSPS) is 22.9. The fourth-order valence-electron chi connectivity index (χ4n) is 3.27. The molecule has 0 bridgehead atoms. The number of anilines is 2. The zero-order chi connectivity index (χ0) is 19.6. The van der Waals surface area contributed by atoms with Crippen molar-refractivity contribution in [3.63, 3.8) is 0 Å². The molecule has 152 valence electrons. The van der Waals surface area contributed by atoms with Crippen LogP contribution in [0.1, 0.15) is 5.69 Å². The molecule has 0 aliphatic carbocycles. The number of alkyl halides is 3. The molecule has 1 aromatic rings. The summed E-state index contributed by atoms with van der Waals surface area (Å²) in [4.78, 5) is 16.1. The van der Waals surface area contributed by atoms with E-state index in [4.69, 9.17) is 4.74 Å². The summed E-state index contributed by atoms with van der Waals surface area (Å²) in [5.74, 6) is 0.356. The lowest BCUT2D eigenvalue weighted by Gasteiger charge is -2.38. The Kier molecular flexibility index (Phi) is 6.07. The van der Waals surface area contributed by atoms with Gasteiger partial charge in [-0.1, -0.05) is 0 Å². The third kappa shape index (κ3) is 5.20. The summed E-state index contributed by atoms with van der Waals surface area (Å²) in [5.41, 5.74) is -0.918. The lowest BCUT2D eigenvalue weighted by Crippen LogP contribution is -2.52. The summed E-state index contributed by atoms with van der Waals surface area (Å²) >= 11 is 0. The zero-order valence-electron chi connectivity index (χ0n) is 16.0. The van der Waals surface area contributed by atoms with E-state index in [9.17, 15) is 13.2 Å². The highest BCUT2D eigenvalue weighted by molar-refractivity contribution is 5.46. The minimum atomic E-state index is -4.51. The van der Waals surface area contributed by atoms with Gasteiger partial charge in [0.15, 0.2) is 5.69 Å². The number of likely N-dealkylation sites (N-methyl/N-ethyl adjacent to an activating group) is 1. The Morgan fingerprint density at radius 3 is 2.48 bits per heavy atom. The summed E-state index contributed by atoms with van der Waals surface area (Å²) in [6.07, 6.45) is -4.57. The number of rotatable bonds is 4. The molecule has 0 unspecified atom stereocenters. The van der Waals surface area contributed by atoms with Gasteiger partial charge >= 0.3 is 6.18 Å². The SMILES string of the molecule is CN1CCN(C[C@@H]2CN(c3nc(N(C)C)cc(C(F)(F)F)n3)CCO2)CC1. The highest BCUT2D eigenvalue weighted by Gasteiger charge is 2.35. The van der Waals surface area contributed by atoms with Crippen molar-refractivity contribution in [1.29, 1.82) is 0 Å². The molecule has 0 saturated carbocycles.